The van der Waals surface area contributed by atoms with Gasteiger partial charge in [-0.3, -0.25) is 9.59 Å². The van der Waals surface area contributed by atoms with Crippen LogP contribution in [0, 0.1) is 6.92 Å². The number of hydrogen-bond acceptors (Lipinski definition) is 3. The molecule has 0 bridgehead atoms. The first kappa shape index (κ1) is 21.6. The summed E-state index contributed by atoms with van der Waals surface area (Å²) < 4.78 is 41.0. The third-order valence-corrected chi connectivity index (χ3v) is 5.46. The highest BCUT2D eigenvalue weighted by atomic mass is 19.4. The molecule has 0 amide bonds. The number of para-hydroxylation sites is 1. The molecule has 0 fully saturated rings. The van der Waals surface area contributed by atoms with Gasteiger partial charge in [0, 0.05) is 28.3 Å². The summed E-state index contributed by atoms with van der Waals surface area (Å²) in [5.74, 6) is -2.40. The lowest BCUT2D eigenvalue weighted by Crippen LogP contribution is -2.30. The van der Waals surface area contributed by atoms with Crippen molar-refractivity contribution in [3.63, 3.8) is 0 Å². The van der Waals surface area contributed by atoms with E-state index in [9.17, 15) is 22.8 Å². The van der Waals surface area contributed by atoms with Crippen molar-refractivity contribution in [1.29, 1.82) is 0 Å². The Labute approximate surface area is 183 Å². The molecule has 1 atom stereocenters. The Kier molecular flexibility index (Phi) is 5.70. The van der Waals surface area contributed by atoms with Crippen LogP contribution in [0.4, 0.5) is 18.9 Å². The number of benzene rings is 3. The third-order valence-electron chi connectivity index (χ3n) is 5.46. The number of fused-ring (bicyclic) bond motifs is 1. The molecule has 6 heteroatoms. The number of hydrogen-bond donors (Lipinski definition) is 1. The maximum atomic E-state index is 13.7. The molecule has 0 spiro atoms. The van der Waals surface area contributed by atoms with Crippen molar-refractivity contribution in [3.05, 3.63) is 112 Å². The molecule has 3 aromatic carbocycles. The van der Waals surface area contributed by atoms with Gasteiger partial charge in [-0.05, 0) is 24.6 Å². The van der Waals surface area contributed by atoms with E-state index in [4.69, 9.17) is 0 Å². The Balaban J connectivity index is 1.94. The Hall–Kier alpha value is -3.67. The third kappa shape index (κ3) is 4.35. The molecule has 162 valence electrons. The van der Waals surface area contributed by atoms with Gasteiger partial charge in [-0.1, -0.05) is 72.3 Å². The van der Waals surface area contributed by atoms with Gasteiger partial charge in [0.05, 0.1) is 12.1 Å². The molecule has 1 aliphatic carbocycles. The fourth-order valence-corrected chi connectivity index (χ4v) is 3.93. The predicted octanol–water partition coefficient (Wildman–Crippen LogP) is 6.48. The van der Waals surface area contributed by atoms with Gasteiger partial charge in [0.2, 0.25) is 5.78 Å². The highest BCUT2D eigenvalue weighted by molar-refractivity contribution is 6.28. The number of nitrogens with one attached hydrogen (secondary N) is 1. The van der Waals surface area contributed by atoms with Gasteiger partial charge >= 0.3 is 6.18 Å². The minimum atomic E-state index is -4.54. The van der Waals surface area contributed by atoms with Crippen molar-refractivity contribution in [2.75, 3.05) is 5.32 Å². The molecule has 0 aliphatic heterocycles. The first-order chi connectivity index (χ1) is 15.2. The highest BCUT2D eigenvalue weighted by Gasteiger charge is 2.41. The van der Waals surface area contributed by atoms with E-state index in [0.717, 1.165) is 5.56 Å². The summed E-state index contributed by atoms with van der Waals surface area (Å²) in [5, 5.41) is 2.94. The normalized spacial score (nSPS) is 14.9. The minimum Gasteiger partial charge on any atom is -0.352 e. The van der Waals surface area contributed by atoms with Crippen molar-refractivity contribution in [3.8, 4) is 0 Å². The number of aryl methyl sites for hydroxylation is 1. The van der Waals surface area contributed by atoms with Gasteiger partial charge < -0.3 is 5.32 Å². The molecule has 3 nitrogen and oxygen atoms in total. The van der Waals surface area contributed by atoms with E-state index in [1.54, 1.807) is 66.7 Å². The van der Waals surface area contributed by atoms with Crippen LogP contribution >= 0.6 is 0 Å². The number of halogens is 3. The van der Waals surface area contributed by atoms with Gasteiger partial charge in [0.15, 0.2) is 5.78 Å². The molecule has 0 unspecified atom stereocenters. The fourth-order valence-electron chi connectivity index (χ4n) is 3.93. The summed E-state index contributed by atoms with van der Waals surface area (Å²) in [6.07, 6.45) is -5.80. The second-order valence-electron chi connectivity index (χ2n) is 7.77. The summed E-state index contributed by atoms with van der Waals surface area (Å²) in [4.78, 5) is 26.9. The number of carbonyl (C=O) groups excluding carboxylic acids is 2. The largest absolute Gasteiger partial charge is 0.390 e. The summed E-state index contributed by atoms with van der Waals surface area (Å²) in [5.41, 5.74) is 1.73. The molecule has 1 N–H and O–H groups in total. The average Bonchev–Trinajstić information content (AvgIpc) is 2.77. The molecule has 32 heavy (non-hydrogen) atoms. The molecule has 1 aliphatic rings. The number of rotatable bonds is 5. The number of carbonyl (C=O) groups is 2. The van der Waals surface area contributed by atoms with Crippen LogP contribution in [0.1, 0.15) is 44.2 Å². The van der Waals surface area contributed by atoms with Crippen LogP contribution in [0.25, 0.3) is 0 Å². The molecular weight excluding hydrogens is 415 g/mol. The highest BCUT2D eigenvalue weighted by Crippen LogP contribution is 2.42. The monoisotopic (exact) mass is 435 g/mol. The van der Waals surface area contributed by atoms with Gasteiger partial charge in [0.1, 0.15) is 0 Å². The lowest BCUT2D eigenvalue weighted by Gasteiger charge is -2.28. The number of ketones is 2. The standard InChI is InChI=1S/C26H20F3NO2/c1-16-11-13-17(14-12-16)21(15-26(27,28)29)22-23(30-18-7-3-2-4-8-18)25(32)20-10-6-5-9-19(20)24(22)31/h2-14,21,30H,15H2,1H3/t21-/m1/s1. The molecule has 4 rings (SSSR count). The van der Waals surface area contributed by atoms with Gasteiger partial charge in [-0.15, -0.1) is 0 Å². The van der Waals surface area contributed by atoms with Gasteiger partial charge in [0.25, 0.3) is 0 Å². The summed E-state index contributed by atoms with van der Waals surface area (Å²) in [6.45, 7) is 1.83. The fraction of sp³-hybridized carbons (Fsp3) is 0.154. The van der Waals surface area contributed by atoms with E-state index in [1.807, 2.05) is 6.92 Å². The predicted molar refractivity (Wildman–Crippen MR) is 117 cm³/mol. The van der Waals surface area contributed by atoms with Crippen LogP contribution < -0.4 is 5.32 Å². The van der Waals surface area contributed by atoms with Crippen molar-refractivity contribution < 1.29 is 22.8 Å². The Morgan fingerprint density at radius 1 is 0.781 bits per heavy atom. The van der Waals surface area contributed by atoms with Gasteiger partial charge in [-0.2, -0.15) is 13.2 Å². The second-order valence-corrected chi connectivity index (χ2v) is 7.77. The lowest BCUT2D eigenvalue weighted by molar-refractivity contribution is -0.136. The van der Waals surface area contributed by atoms with Crippen LogP contribution in [0.15, 0.2) is 90.1 Å². The quantitative estimate of drug-likeness (QED) is 0.499. The van der Waals surface area contributed by atoms with Gasteiger partial charge in [-0.25, -0.2) is 0 Å². The Morgan fingerprint density at radius 3 is 1.94 bits per heavy atom. The molecule has 3 aromatic rings. The molecular formula is C26H20F3NO2. The SMILES string of the molecule is Cc1ccc([C@@H](CC(F)(F)F)C2=C(Nc3ccccc3)C(=O)c3ccccc3C2=O)cc1. The number of anilines is 1. The maximum Gasteiger partial charge on any atom is 0.390 e. The first-order valence-electron chi connectivity index (χ1n) is 10.1. The van der Waals surface area contributed by atoms with Crippen LogP contribution in [0.5, 0.6) is 0 Å². The van der Waals surface area contributed by atoms with E-state index >= 15 is 0 Å². The second kappa shape index (κ2) is 8.46. The molecule has 0 aromatic heterocycles. The number of Topliss-reactive ketones (excluding diaryl/α,β-unsaturated/α-hetero) is 2. The number of allylic oxidation sites excluding steroid dienone is 2. The van der Waals surface area contributed by atoms with E-state index in [-0.39, 0.29) is 22.4 Å². The zero-order valence-electron chi connectivity index (χ0n) is 17.2. The summed E-state index contributed by atoms with van der Waals surface area (Å²) in [7, 11) is 0. The molecule has 0 saturated heterocycles. The van der Waals surface area contributed by atoms with E-state index in [2.05, 4.69) is 5.32 Å². The van der Waals surface area contributed by atoms with Crippen LogP contribution in [0.2, 0.25) is 0 Å². The zero-order valence-corrected chi connectivity index (χ0v) is 17.2. The van der Waals surface area contributed by atoms with Crippen molar-refractivity contribution in [2.24, 2.45) is 0 Å². The van der Waals surface area contributed by atoms with Crippen molar-refractivity contribution in [1.82, 2.24) is 0 Å². The summed E-state index contributed by atoms with van der Waals surface area (Å²) >= 11 is 0. The van der Waals surface area contributed by atoms with Crippen LogP contribution in [-0.4, -0.2) is 17.7 Å². The summed E-state index contributed by atoms with van der Waals surface area (Å²) in [6, 6.07) is 21.4. The van der Waals surface area contributed by atoms with Crippen LogP contribution in [-0.2, 0) is 0 Å². The van der Waals surface area contributed by atoms with E-state index in [1.165, 1.54) is 12.1 Å². The zero-order chi connectivity index (χ0) is 22.9. The van der Waals surface area contributed by atoms with Crippen LogP contribution in [0.3, 0.4) is 0 Å². The lowest BCUT2D eigenvalue weighted by atomic mass is 9.77. The molecule has 0 radical (unpaired) electrons. The molecule has 0 heterocycles. The van der Waals surface area contributed by atoms with Crippen molar-refractivity contribution >= 4 is 17.3 Å². The Morgan fingerprint density at radius 2 is 1.34 bits per heavy atom. The first-order valence-corrected chi connectivity index (χ1v) is 10.1. The van der Waals surface area contributed by atoms with Crippen molar-refractivity contribution in [2.45, 2.75) is 25.4 Å². The van der Waals surface area contributed by atoms with E-state index in [0.29, 0.717) is 11.3 Å². The topological polar surface area (TPSA) is 46.2 Å². The Bertz CT molecular complexity index is 1200. The maximum absolute atomic E-state index is 13.7. The number of alkyl halides is 3. The minimum absolute atomic E-state index is 0.116. The molecule has 0 saturated carbocycles. The smallest absolute Gasteiger partial charge is 0.352 e. The van der Waals surface area contributed by atoms with E-state index < -0.39 is 30.1 Å². The average molecular weight is 435 g/mol.